The lowest BCUT2D eigenvalue weighted by molar-refractivity contribution is -0.125. The van der Waals surface area contributed by atoms with Crippen molar-refractivity contribution in [1.29, 1.82) is 0 Å². The molecule has 2 aliphatic carbocycles. The maximum atomic E-state index is 14.1. The summed E-state index contributed by atoms with van der Waals surface area (Å²) in [6.07, 6.45) is -0.224. The average molecular weight is 664 g/mol. The number of para-hydroxylation sites is 1. The highest BCUT2D eigenvalue weighted by Crippen LogP contribution is 2.40. The Hall–Kier alpha value is -4.88. The highest BCUT2D eigenvalue weighted by Gasteiger charge is 2.53. The van der Waals surface area contributed by atoms with Gasteiger partial charge >= 0.3 is 6.03 Å². The van der Waals surface area contributed by atoms with Crippen molar-refractivity contribution in [3.8, 4) is 0 Å². The number of aromatic nitrogens is 2. The minimum absolute atomic E-state index is 0.0416. The monoisotopic (exact) mass is 663 g/mol. The predicted molar refractivity (Wildman–Crippen MR) is 171 cm³/mol. The fourth-order valence-corrected chi connectivity index (χ4v) is 6.95. The number of hydrogen-bond acceptors (Lipinski definition) is 7. The van der Waals surface area contributed by atoms with Crippen LogP contribution in [0.4, 0.5) is 25.0 Å². The first-order valence-electron chi connectivity index (χ1n) is 16.2. The molecule has 2 aromatic carbocycles. The van der Waals surface area contributed by atoms with Crippen LogP contribution in [0.15, 0.2) is 53.2 Å². The molecule has 5 amide bonds. The summed E-state index contributed by atoms with van der Waals surface area (Å²) in [5.41, 5.74) is 1.56. The standard InChI is InChI=1S/C34H39F2N7O5/c1-19(2)26-18-43(32(47)39-26)33(31(46)38-24-7-5-4-6-8-24)16-22-9-10-25(15-23(22)17-33)37-30(45)28(21-11-13-34(35,36)14-12-21)40-29(44)27-20(3)41-48-42-27/h4-10,15,19,21,26,28H,11-14,16-18H2,1-3H3,(H,37,45)(H,38,46)(H,39,47)(H,40,44)/t26-,28-,33?/m0/s1. The lowest BCUT2D eigenvalue weighted by atomic mass is 9.81. The Kier molecular flexibility index (Phi) is 8.92. The Morgan fingerprint density at radius 3 is 2.33 bits per heavy atom. The molecule has 48 heavy (non-hydrogen) atoms. The van der Waals surface area contributed by atoms with Gasteiger partial charge in [0.2, 0.25) is 11.8 Å². The maximum Gasteiger partial charge on any atom is 0.318 e. The Morgan fingerprint density at radius 2 is 1.69 bits per heavy atom. The van der Waals surface area contributed by atoms with E-state index in [9.17, 15) is 28.0 Å². The molecular formula is C34H39F2N7O5. The number of amides is 5. The molecule has 4 N–H and O–H groups in total. The quantitative estimate of drug-likeness (QED) is 0.263. The molecule has 1 saturated carbocycles. The van der Waals surface area contributed by atoms with Gasteiger partial charge in [0.1, 0.15) is 17.3 Å². The summed E-state index contributed by atoms with van der Waals surface area (Å²) in [7, 11) is 0. The molecule has 3 aromatic rings. The molecule has 0 bridgehead atoms. The number of carbonyl (C=O) groups excluding carboxylic acids is 4. The van der Waals surface area contributed by atoms with Crippen LogP contribution in [0.3, 0.4) is 0 Å². The third-order valence-electron chi connectivity index (χ3n) is 9.82. The highest BCUT2D eigenvalue weighted by molar-refractivity contribution is 6.03. The summed E-state index contributed by atoms with van der Waals surface area (Å²) in [6, 6.07) is 12.8. The van der Waals surface area contributed by atoms with Gasteiger partial charge in [-0.05, 0) is 72.2 Å². The topological polar surface area (TPSA) is 159 Å². The second-order valence-electron chi connectivity index (χ2n) is 13.4. The highest BCUT2D eigenvalue weighted by atomic mass is 19.3. The molecule has 1 saturated heterocycles. The molecule has 1 unspecified atom stereocenters. The number of aryl methyl sites for hydroxylation is 1. The predicted octanol–water partition coefficient (Wildman–Crippen LogP) is 4.47. The van der Waals surface area contributed by atoms with Crippen molar-refractivity contribution in [2.24, 2.45) is 11.8 Å². The number of hydrogen-bond donors (Lipinski definition) is 4. The molecule has 0 radical (unpaired) electrons. The zero-order valence-corrected chi connectivity index (χ0v) is 27.0. The molecule has 0 spiro atoms. The van der Waals surface area contributed by atoms with Crippen LogP contribution < -0.4 is 21.3 Å². The van der Waals surface area contributed by atoms with E-state index in [0.29, 0.717) is 17.9 Å². The minimum atomic E-state index is -2.82. The maximum absolute atomic E-state index is 14.1. The number of anilines is 2. The van der Waals surface area contributed by atoms with Crippen molar-refractivity contribution < 1.29 is 32.6 Å². The Morgan fingerprint density at radius 1 is 0.979 bits per heavy atom. The van der Waals surface area contributed by atoms with Gasteiger partial charge < -0.3 is 26.2 Å². The molecule has 2 fully saturated rings. The summed E-state index contributed by atoms with van der Waals surface area (Å²) in [4.78, 5) is 55.8. The van der Waals surface area contributed by atoms with Crippen LogP contribution in [0.25, 0.3) is 0 Å². The molecular weight excluding hydrogens is 624 g/mol. The smallest absolute Gasteiger partial charge is 0.318 e. The van der Waals surface area contributed by atoms with Gasteiger partial charge in [-0.25, -0.2) is 18.2 Å². The van der Waals surface area contributed by atoms with E-state index < -0.39 is 48.1 Å². The van der Waals surface area contributed by atoms with Crippen molar-refractivity contribution in [3.05, 3.63) is 71.0 Å². The lowest BCUT2D eigenvalue weighted by Gasteiger charge is -2.36. The summed E-state index contributed by atoms with van der Waals surface area (Å²) in [5, 5.41) is 18.8. The van der Waals surface area contributed by atoms with Crippen LogP contribution in [-0.4, -0.2) is 69.1 Å². The van der Waals surface area contributed by atoms with E-state index in [4.69, 9.17) is 0 Å². The number of urea groups is 1. The molecule has 14 heteroatoms. The normalized spacial score (nSPS) is 22.6. The number of rotatable bonds is 9. The van der Waals surface area contributed by atoms with Crippen molar-refractivity contribution in [3.63, 3.8) is 0 Å². The van der Waals surface area contributed by atoms with Crippen LogP contribution >= 0.6 is 0 Å². The van der Waals surface area contributed by atoms with Gasteiger partial charge in [-0.1, -0.05) is 43.3 Å². The second-order valence-corrected chi connectivity index (χ2v) is 13.4. The van der Waals surface area contributed by atoms with Crippen LogP contribution in [-0.2, 0) is 22.4 Å². The largest absolute Gasteiger partial charge is 0.338 e. The van der Waals surface area contributed by atoms with Crippen molar-refractivity contribution in [2.75, 3.05) is 17.2 Å². The summed E-state index contributed by atoms with van der Waals surface area (Å²) in [5.74, 6) is -4.79. The first-order valence-corrected chi connectivity index (χ1v) is 16.2. The van der Waals surface area contributed by atoms with Gasteiger partial charge in [0.15, 0.2) is 5.69 Å². The number of alkyl halides is 2. The fourth-order valence-electron chi connectivity index (χ4n) is 6.95. The van der Waals surface area contributed by atoms with Crippen LogP contribution in [0, 0.1) is 18.8 Å². The molecule has 6 rings (SSSR count). The number of carbonyl (C=O) groups is 4. The molecule has 3 aliphatic rings. The summed E-state index contributed by atoms with van der Waals surface area (Å²) in [6.45, 7) is 5.92. The van der Waals surface area contributed by atoms with Crippen molar-refractivity contribution in [1.82, 2.24) is 25.8 Å². The second kappa shape index (κ2) is 13.0. The molecule has 3 atom stereocenters. The zero-order chi connectivity index (χ0) is 34.2. The average Bonchev–Trinajstić information content (AvgIpc) is 3.77. The van der Waals surface area contributed by atoms with Gasteiger partial charge in [0, 0.05) is 43.6 Å². The minimum Gasteiger partial charge on any atom is -0.338 e. The van der Waals surface area contributed by atoms with E-state index in [0.717, 1.165) is 11.1 Å². The third-order valence-corrected chi connectivity index (χ3v) is 9.82. The van der Waals surface area contributed by atoms with E-state index in [1.165, 1.54) is 6.92 Å². The Balaban J connectivity index is 1.25. The van der Waals surface area contributed by atoms with Crippen LogP contribution in [0.2, 0.25) is 0 Å². The SMILES string of the molecule is Cc1nonc1C(=O)N[C@H](C(=O)Nc1ccc2c(c1)CC(C(=O)Nc1ccccc1)(N1C[C@@H](C(C)C)NC1=O)C2)C1CCC(F)(F)CC1. The Labute approximate surface area is 276 Å². The van der Waals surface area contributed by atoms with Gasteiger partial charge in [-0.3, -0.25) is 14.4 Å². The molecule has 1 aliphatic heterocycles. The van der Waals surface area contributed by atoms with Gasteiger partial charge in [-0.15, -0.1) is 0 Å². The zero-order valence-electron chi connectivity index (χ0n) is 27.0. The first kappa shape index (κ1) is 33.0. The van der Waals surface area contributed by atoms with E-state index >= 15 is 0 Å². The number of halogens is 2. The van der Waals surface area contributed by atoms with Gasteiger partial charge in [-0.2, -0.15) is 0 Å². The van der Waals surface area contributed by atoms with E-state index in [-0.39, 0.29) is 61.0 Å². The number of fused-ring (bicyclic) bond motifs is 1. The van der Waals surface area contributed by atoms with Crippen molar-refractivity contribution >= 4 is 35.1 Å². The molecule has 12 nitrogen and oxygen atoms in total. The number of nitrogens with zero attached hydrogens (tertiary/aromatic N) is 3. The summed E-state index contributed by atoms with van der Waals surface area (Å²) < 4.78 is 32.7. The molecule has 254 valence electrons. The summed E-state index contributed by atoms with van der Waals surface area (Å²) >= 11 is 0. The Bertz CT molecular complexity index is 1700. The van der Waals surface area contributed by atoms with Crippen molar-refractivity contribution in [2.45, 2.75) is 82.8 Å². The van der Waals surface area contributed by atoms with Crippen LogP contribution in [0.1, 0.15) is 66.8 Å². The van der Waals surface area contributed by atoms with E-state index in [1.54, 1.807) is 29.2 Å². The molecule has 2 heterocycles. The van der Waals surface area contributed by atoms with E-state index in [2.05, 4.69) is 36.2 Å². The molecule has 1 aromatic heterocycles. The van der Waals surface area contributed by atoms with Crippen LogP contribution in [0.5, 0.6) is 0 Å². The lowest BCUT2D eigenvalue weighted by Crippen LogP contribution is -2.59. The number of nitrogens with one attached hydrogen (secondary N) is 4. The first-order chi connectivity index (χ1) is 22.8. The fraction of sp³-hybridized carbons (Fsp3) is 0.471. The third kappa shape index (κ3) is 6.60. The van der Waals surface area contributed by atoms with Gasteiger partial charge in [0.25, 0.3) is 11.8 Å². The van der Waals surface area contributed by atoms with Gasteiger partial charge in [0.05, 0.1) is 6.04 Å². The number of benzene rings is 2. The van der Waals surface area contributed by atoms with E-state index in [1.807, 2.05) is 38.1 Å².